The van der Waals surface area contributed by atoms with Crippen LogP contribution < -0.4 is 11.5 Å². The monoisotopic (exact) mass is 427 g/mol. The Morgan fingerprint density at radius 3 is 2.75 bits per heavy atom. The van der Waals surface area contributed by atoms with Crippen LogP contribution in [0, 0.1) is 0 Å². The number of hydrogen-bond acceptors (Lipinski definition) is 6. The van der Waals surface area contributed by atoms with Crippen molar-refractivity contribution in [3.63, 3.8) is 0 Å². The number of imidazole rings is 1. The predicted molar refractivity (Wildman–Crippen MR) is 125 cm³/mol. The van der Waals surface area contributed by atoms with Crippen LogP contribution >= 0.6 is 0 Å². The fourth-order valence-electron chi connectivity index (χ4n) is 4.73. The van der Waals surface area contributed by atoms with Crippen molar-refractivity contribution in [1.82, 2.24) is 24.8 Å². The molecule has 32 heavy (non-hydrogen) atoms. The average molecular weight is 428 g/mol. The summed E-state index contributed by atoms with van der Waals surface area (Å²) in [6.07, 6.45) is 7.13. The van der Waals surface area contributed by atoms with E-state index < -0.39 is 0 Å². The highest BCUT2D eigenvalue weighted by Gasteiger charge is 2.28. The number of nitrogens with zero attached hydrogens (tertiary/aromatic N) is 4. The number of hydrogen-bond donors (Lipinski definition) is 3. The first-order valence-corrected chi connectivity index (χ1v) is 11.2. The maximum Gasteiger partial charge on any atom is 0.121 e. The lowest BCUT2D eigenvalue weighted by atomic mass is 9.90. The van der Waals surface area contributed by atoms with Crippen molar-refractivity contribution in [2.75, 3.05) is 0 Å². The molecule has 164 valence electrons. The van der Waals surface area contributed by atoms with E-state index in [4.69, 9.17) is 21.4 Å². The summed E-state index contributed by atoms with van der Waals surface area (Å²) >= 11 is 0. The number of para-hydroxylation sites is 2. The van der Waals surface area contributed by atoms with Crippen molar-refractivity contribution in [2.24, 2.45) is 11.5 Å². The van der Waals surface area contributed by atoms with E-state index in [-0.39, 0.29) is 6.04 Å². The topological polar surface area (TPSA) is 110 Å². The van der Waals surface area contributed by atoms with E-state index in [2.05, 4.69) is 27.0 Å². The van der Waals surface area contributed by atoms with Gasteiger partial charge in [0, 0.05) is 32.0 Å². The third kappa shape index (κ3) is 4.14. The van der Waals surface area contributed by atoms with Gasteiger partial charge in [-0.25, -0.2) is 4.98 Å². The molecule has 4 aromatic rings. The molecule has 1 aliphatic carbocycles. The maximum absolute atomic E-state index is 6.09. The summed E-state index contributed by atoms with van der Waals surface area (Å²) in [5, 5.41) is 0. The van der Waals surface area contributed by atoms with Crippen LogP contribution in [-0.2, 0) is 32.6 Å². The second kappa shape index (κ2) is 9.16. The molecule has 1 atom stereocenters. The minimum atomic E-state index is 0.216. The Kier molecular flexibility index (Phi) is 5.94. The molecule has 0 bridgehead atoms. The third-order valence-electron chi connectivity index (χ3n) is 6.34. The van der Waals surface area contributed by atoms with Gasteiger partial charge in [-0.2, -0.15) is 0 Å². The zero-order valence-electron chi connectivity index (χ0n) is 18.2. The molecule has 0 aliphatic heterocycles. The van der Waals surface area contributed by atoms with E-state index in [0.29, 0.717) is 19.6 Å². The number of nitrogens with one attached hydrogen (secondary N) is 1. The van der Waals surface area contributed by atoms with Gasteiger partial charge in [-0.15, -0.1) is 0 Å². The first-order valence-electron chi connectivity index (χ1n) is 11.2. The molecule has 0 spiro atoms. The largest absolute Gasteiger partial charge is 0.341 e. The predicted octanol–water partition coefficient (Wildman–Crippen LogP) is 3.35. The Morgan fingerprint density at radius 2 is 1.91 bits per heavy atom. The summed E-state index contributed by atoms with van der Waals surface area (Å²) in [5.74, 6) is 0.954. The number of nitrogens with two attached hydrogens (primary N) is 2. The number of aromatic nitrogens is 4. The molecule has 0 radical (unpaired) electrons. The van der Waals surface area contributed by atoms with Crippen molar-refractivity contribution in [3.05, 3.63) is 88.8 Å². The summed E-state index contributed by atoms with van der Waals surface area (Å²) in [6, 6.07) is 14.6. The quantitative estimate of drug-likeness (QED) is 0.417. The average Bonchev–Trinajstić information content (AvgIpc) is 3.26. The van der Waals surface area contributed by atoms with Crippen LogP contribution in [0.2, 0.25) is 0 Å². The SMILES string of the molecule is NCc1cc(CN)c(CN(Cc2nc3ccccc3[nH]2)C2CCCc3cccnc32)cn1. The molecule has 1 aliphatic rings. The van der Waals surface area contributed by atoms with E-state index in [9.17, 15) is 0 Å². The van der Waals surface area contributed by atoms with Gasteiger partial charge in [0.1, 0.15) is 5.82 Å². The molecule has 1 aromatic carbocycles. The minimum Gasteiger partial charge on any atom is -0.341 e. The highest BCUT2D eigenvalue weighted by atomic mass is 15.2. The van der Waals surface area contributed by atoms with E-state index in [1.807, 2.05) is 42.7 Å². The van der Waals surface area contributed by atoms with Crippen molar-refractivity contribution in [3.8, 4) is 0 Å². The lowest BCUT2D eigenvalue weighted by Gasteiger charge is -2.35. The van der Waals surface area contributed by atoms with Crippen LogP contribution in [0.4, 0.5) is 0 Å². The maximum atomic E-state index is 6.09. The van der Waals surface area contributed by atoms with Crippen LogP contribution in [0.25, 0.3) is 11.0 Å². The number of benzene rings is 1. The van der Waals surface area contributed by atoms with Gasteiger partial charge in [0.05, 0.1) is 35.0 Å². The Bertz CT molecular complexity index is 1180. The molecule has 0 amide bonds. The van der Waals surface area contributed by atoms with Gasteiger partial charge >= 0.3 is 0 Å². The Hall–Kier alpha value is -3.13. The molecule has 0 saturated carbocycles. The van der Waals surface area contributed by atoms with Crippen LogP contribution in [0.1, 0.15) is 52.8 Å². The van der Waals surface area contributed by atoms with E-state index in [1.165, 1.54) is 11.3 Å². The van der Waals surface area contributed by atoms with Gasteiger partial charge < -0.3 is 16.5 Å². The van der Waals surface area contributed by atoms with Gasteiger partial charge in [-0.3, -0.25) is 14.9 Å². The number of H-pyrrole nitrogens is 1. The minimum absolute atomic E-state index is 0.216. The number of aromatic amines is 1. The molecule has 7 heteroatoms. The summed E-state index contributed by atoms with van der Waals surface area (Å²) in [5.41, 5.74) is 19.5. The van der Waals surface area contributed by atoms with Crippen molar-refractivity contribution in [2.45, 2.75) is 51.5 Å². The molecule has 3 aromatic heterocycles. The molecular formula is C25H29N7. The summed E-state index contributed by atoms with van der Waals surface area (Å²) in [7, 11) is 0. The fraction of sp³-hybridized carbons (Fsp3) is 0.320. The van der Waals surface area contributed by atoms with Gasteiger partial charge in [0.25, 0.3) is 0 Å². The second-order valence-corrected chi connectivity index (χ2v) is 8.41. The fourth-order valence-corrected chi connectivity index (χ4v) is 4.73. The van der Waals surface area contributed by atoms with Crippen molar-refractivity contribution in [1.29, 1.82) is 0 Å². The molecule has 3 heterocycles. The molecule has 5 rings (SSSR count). The smallest absolute Gasteiger partial charge is 0.121 e. The number of pyridine rings is 2. The number of aryl methyl sites for hydroxylation is 1. The van der Waals surface area contributed by atoms with Crippen LogP contribution in [0.5, 0.6) is 0 Å². The molecule has 0 saturated heterocycles. The lowest BCUT2D eigenvalue weighted by molar-refractivity contribution is 0.153. The van der Waals surface area contributed by atoms with Gasteiger partial charge in [0.15, 0.2) is 0 Å². The zero-order valence-corrected chi connectivity index (χ0v) is 18.2. The standard InChI is InChI=1S/C25H29N7/c26-12-18-11-20(13-27)29-14-19(18)15-32(16-24-30-21-7-1-2-8-22(21)31-24)23-9-3-5-17-6-4-10-28-25(17)23/h1-2,4,6-8,10-11,14,23H,3,5,9,12-13,15-16,26-27H2,(H,30,31). The third-order valence-corrected chi connectivity index (χ3v) is 6.34. The summed E-state index contributed by atoms with van der Waals surface area (Å²) < 4.78 is 0. The summed E-state index contributed by atoms with van der Waals surface area (Å²) in [4.78, 5) is 20.1. The lowest BCUT2D eigenvalue weighted by Crippen LogP contribution is -2.32. The highest BCUT2D eigenvalue weighted by molar-refractivity contribution is 5.74. The molecular weight excluding hydrogens is 398 g/mol. The number of rotatable bonds is 7. The van der Waals surface area contributed by atoms with Crippen LogP contribution in [0.15, 0.2) is 54.9 Å². The number of fused-ring (bicyclic) bond motifs is 2. The van der Waals surface area contributed by atoms with E-state index >= 15 is 0 Å². The first-order chi connectivity index (χ1) is 15.7. The van der Waals surface area contributed by atoms with E-state index in [0.717, 1.165) is 59.5 Å². The Labute approximate surface area is 187 Å². The van der Waals surface area contributed by atoms with Gasteiger partial charge in [0.2, 0.25) is 0 Å². The van der Waals surface area contributed by atoms with Gasteiger partial charge in [-0.05, 0) is 60.2 Å². The second-order valence-electron chi connectivity index (χ2n) is 8.41. The first kappa shape index (κ1) is 20.8. The molecule has 1 unspecified atom stereocenters. The molecule has 0 fully saturated rings. The summed E-state index contributed by atoms with van der Waals surface area (Å²) in [6.45, 7) is 2.29. The van der Waals surface area contributed by atoms with Gasteiger partial charge in [-0.1, -0.05) is 18.2 Å². The molecule has 7 nitrogen and oxygen atoms in total. The van der Waals surface area contributed by atoms with Crippen LogP contribution in [-0.4, -0.2) is 24.8 Å². The Balaban J connectivity index is 1.52. The van der Waals surface area contributed by atoms with Crippen molar-refractivity contribution >= 4 is 11.0 Å². The molecule has 5 N–H and O–H groups in total. The van der Waals surface area contributed by atoms with Crippen molar-refractivity contribution < 1.29 is 0 Å². The zero-order chi connectivity index (χ0) is 21.9. The normalized spacial score (nSPS) is 15.9. The van der Waals surface area contributed by atoms with E-state index in [1.54, 1.807) is 0 Å². The van der Waals surface area contributed by atoms with Crippen LogP contribution in [0.3, 0.4) is 0 Å². The highest BCUT2D eigenvalue weighted by Crippen LogP contribution is 2.35. The Morgan fingerprint density at radius 1 is 1.00 bits per heavy atom.